The molecule has 0 radical (unpaired) electrons. The van der Waals surface area contributed by atoms with Crippen molar-refractivity contribution in [1.29, 1.82) is 0 Å². The van der Waals surface area contributed by atoms with Crippen molar-refractivity contribution < 1.29 is 14.3 Å². The minimum atomic E-state index is -0.307. The molecule has 26 heavy (non-hydrogen) atoms. The van der Waals surface area contributed by atoms with E-state index in [9.17, 15) is 9.59 Å². The standard InChI is InChI=1S/C22H25NO3/c1-4-8-21(24)26-20-14-16(3)23(19-12-11-15(2)13-18(19)20)22(25)17-9-6-5-7-10-17/h5-7,9-13,16,20H,4,8,14H2,1-3H3/t16-,20+/m1/s1. The molecule has 0 fully saturated rings. The SMILES string of the molecule is CCCC(=O)O[C@H]1C[C@@H](C)N(C(=O)c2ccccc2)c2ccc(C)cc21. The van der Waals surface area contributed by atoms with Gasteiger partial charge >= 0.3 is 5.97 Å². The van der Waals surface area contributed by atoms with Crippen LogP contribution < -0.4 is 4.90 Å². The number of benzene rings is 2. The molecule has 0 aliphatic carbocycles. The maximum absolute atomic E-state index is 13.1. The molecule has 2 atom stereocenters. The Morgan fingerprint density at radius 3 is 2.58 bits per heavy atom. The molecule has 0 saturated carbocycles. The number of nitrogens with zero attached hydrogens (tertiary/aromatic N) is 1. The monoisotopic (exact) mass is 351 g/mol. The fraction of sp³-hybridized carbons (Fsp3) is 0.364. The summed E-state index contributed by atoms with van der Waals surface area (Å²) in [7, 11) is 0. The lowest BCUT2D eigenvalue weighted by molar-refractivity contribution is -0.150. The lowest BCUT2D eigenvalue weighted by Crippen LogP contribution is -2.44. The molecular weight excluding hydrogens is 326 g/mol. The van der Waals surface area contributed by atoms with E-state index in [0.717, 1.165) is 23.2 Å². The highest BCUT2D eigenvalue weighted by molar-refractivity contribution is 6.07. The molecule has 1 aliphatic heterocycles. The minimum absolute atomic E-state index is 0.0264. The van der Waals surface area contributed by atoms with Crippen molar-refractivity contribution in [3.63, 3.8) is 0 Å². The highest BCUT2D eigenvalue weighted by Gasteiger charge is 2.35. The third-order valence-electron chi connectivity index (χ3n) is 4.75. The van der Waals surface area contributed by atoms with E-state index in [1.165, 1.54) is 0 Å². The van der Waals surface area contributed by atoms with Crippen LogP contribution in [0.5, 0.6) is 0 Å². The van der Waals surface area contributed by atoms with Crippen LogP contribution in [-0.4, -0.2) is 17.9 Å². The number of carbonyl (C=O) groups is 2. The summed E-state index contributed by atoms with van der Waals surface area (Å²) in [5.74, 6) is -0.207. The molecule has 0 bridgehead atoms. The Kier molecular flexibility index (Phi) is 5.40. The van der Waals surface area contributed by atoms with Crippen molar-refractivity contribution in [2.45, 2.75) is 52.2 Å². The highest BCUT2D eigenvalue weighted by Crippen LogP contribution is 2.40. The summed E-state index contributed by atoms with van der Waals surface area (Å²) in [4.78, 5) is 27.0. The van der Waals surface area contributed by atoms with E-state index in [4.69, 9.17) is 4.74 Å². The Balaban J connectivity index is 1.98. The zero-order valence-corrected chi connectivity index (χ0v) is 15.6. The van der Waals surface area contributed by atoms with Crippen LogP contribution in [0.4, 0.5) is 5.69 Å². The van der Waals surface area contributed by atoms with Gasteiger partial charge in [0.2, 0.25) is 0 Å². The second kappa shape index (κ2) is 7.73. The van der Waals surface area contributed by atoms with Crippen LogP contribution in [0.3, 0.4) is 0 Å². The van der Waals surface area contributed by atoms with Gasteiger partial charge in [0.15, 0.2) is 0 Å². The molecule has 3 rings (SSSR count). The molecule has 1 aliphatic rings. The first-order valence-electron chi connectivity index (χ1n) is 9.20. The lowest BCUT2D eigenvalue weighted by atomic mass is 9.91. The van der Waals surface area contributed by atoms with Gasteiger partial charge in [-0.3, -0.25) is 9.59 Å². The van der Waals surface area contributed by atoms with Gasteiger partial charge in [0.25, 0.3) is 5.91 Å². The first-order chi connectivity index (χ1) is 12.5. The molecule has 0 N–H and O–H groups in total. The summed E-state index contributed by atoms with van der Waals surface area (Å²) >= 11 is 0. The number of hydrogen-bond acceptors (Lipinski definition) is 3. The van der Waals surface area contributed by atoms with E-state index >= 15 is 0 Å². The molecule has 2 aromatic rings. The molecule has 0 aromatic heterocycles. The van der Waals surface area contributed by atoms with Crippen LogP contribution in [0.25, 0.3) is 0 Å². The van der Waals surface area contributed by atoms with Crippen molar-refractivity contribution in [3.8, 4) is 0 Å². The van der Waals surface area contributed by atoms with E-state index in [-0.39, 0.29) is 24.0 Å². The average molecular weight is 351 g/mol. The van der Waals surface area contributed by atoms with Crippen LogP contribution in [-0.2, 0) is 9.53 Å². The largest absolute Gasteiger partial charge is 0.457 e. The number of anilines is 1. The van der Waals surface area contributed by atoms with Gasteiger partial charge in [-0.1, -0.05) is 42.8 Å². The molecule has 0 saturated heterocycles. The van der Waals surface area contributed by atoms with Gasteiger partial charge < -0.3 is 9.64 Å². The van der Waals surface area contributed by atoms with E-state index < -0.39 is 0 Å². The Morgan fingerprint density at radius 2 is 1.88 bits per heavy atom. The second-order valence-corrected chi connectivity index (χ2v) is 6.92. The summed E-state index contributed by atoms with van der Waals surface area (Å²) in [6.07, 6.45) is 1.47. The molecular formula is C22H25NO3. The Bertz CT molecular complexity index is 800. The fourth-order valence-electron chi connectivity index (χ4n) is 3.49. The average Bonchev–Trinajstić information content (AvgIpc) is 2.63. The molecule has 4 heteroatoms. The smallest absolute Gasteiger partial charge is 0.306 e. The van der Waals surface area contributed by atoms with E-state index in [1.807, 2.05) is 74.2 Å². The van der Waals surface area contributed by atoms with Crippen LogP contribution in [0.1, 0.15) is 60.7 Å². The first kappa shape index (κ1) is 18.2. The molecule has 2 aromatic carbocycles. The maximum Gasteiger partial charge on any atom is 0.306 e. The van der Waals surface area contributed by atoms with E-state index in [2.05, 4.69) is 0 Å². The van der Waals surface area contributed by atoms with Gasteiger partial charge in [-0.2, -0.15) is 0 Å². The number of ether oxygens (including phenoxy) is 1. The number of aryl methyl sites for hydroxylation is 1. The van der Waals surface area contributed by atoms with E-state index in [1.54, 1.807) is 0 Å². The van der Waals surface area contributed by atoms with Crippen LogP contribution in [0.2, 0.25) is 0 Å². The molecule has 1 heterocycles. The number of esters is 1. The first-order valence-corrected chi connectivity index (χ1v) is 9.20. The minimum Gasteiger partial charge on any atom is -0.457 e. The fourth-order valence-corrected chi connectivity index (χ4v) is 3.49. The number of hydrogen-bond donors (Lipinski definition) is 0. The second-order valence-electron chi connectivity index (χ2n) is 6.92. The van der Waals surface area contributed by atoms with Gasteiger partial charge in [-0.25, -0.2) is 0 Å². The lowest BCUT2D eigenvalue weighted by Gasteiger charge is -2.39. The summed E-state index contributed by atoms with van der Waals surface area (Å²) < 4.78 is 5.74. The number of rotatable bonds is 4. The zero-order chi connectivity index (χ0) is 18.7. The van der Waals surface area contributed by atoms with Gasteiger partial charge in [0.1, 0.15) is 6.10 Å². The Hall–Kier alpha value is -2.62. The molecule has 1 amide bonds. The third-order valence-corrected chi connectivity index (χ3v) is 4.75. The number of amides is 1. The normalized spacial score (nSPS) is 19.0. The van der Waals surface area contributed by atoms with Gasteiger partial charge in [0.05, 0.1) is 5.69 Å². The van der Waals surface area contributed by atoms with Crippen molar-refractivity contribution >= 4 is 17.6 Å². The van der Waals surface area contributed by atoms with Gasteiger partial charge in [0, 0.05) is 30.0 Å². The van der Waals surface area contributed by atoms with Crippen molar-refractivity contribution in [3.05, 3.63) is 65.2 Å². The summed E-state index contributed by atoms with van der Waals surface area (Å²) in [5, 5.41) is 0. The molecule has 4 nitrogen and oxygen atoms in total. The van der Waals surface area contributed by atoms with Crippen LogP contribution in [0, 0.1) is 6.92 Å². The Labute approximate surface area is 154 Å². The van der Waals surface area contributed by atoms with Crippen LogP contribution >= 0.6 is 0 Å². The number of carbonyl (C=O) groups excluding carboxylic acids is 2. The maximum atomic E-state index is 13.1. The zero-order valence-electron chi connectivity index (χ0n) is 15.6. The summed E-state index contributed by atoms with van der Waals surface area (Å²) in [5.41, 5.74) is 3.49. The predicted molar refractivity (Wildman–Crippen MR) is 102 cm³/mol. The van der Waals surface area contributed by atoms with Gasteiger partial charge in [-0.15, -0.1) is 0 Å². The van der Waals surface area contributed by atoms with Crippen LogP contribution in [0.15, 0.2) is 48.5 Å². The van der Waals surface area contributed by atoms with Gasteiger partial charge in [-0.05, 0) is 38.5 Å². The third kappa shape index (κ3) is 3.64. The summed E-state index contributed by atoms with van der Waals surface area (Å²) in [6, 6.07) is 15.2. The number of fused-ring (bicyclic) bond motifs is 1. The van der Waals surface area contributed by atoms with Crippen molar-refractivity contribution in [2.24, 2.45) is 0 Å². The van der Waals surface area contributed by atoms with Crippen molar-refractivity contribution in [2.75, 3.05) is 4.90 Å². The molecule has 0 spiro atoms. The predicted octanol–water partition coefficient (Wildman–Crippen LogP) is 4.82. The van der Waals surface area contributed by atoms with Crippen molar-refractivity contribution in [1.82, 2.24) is 0 Å². The molecule has 136 valence electrons. The quantitative estimate of drug-likeness (QED) is 0.742. The summed E-state index contributed by atoms with van der Waals surface area (Å²) in [6.45, 7) is 5.97. The molecule has 0 unspecified atom stereocenters. The Morgan fingerprint density at radius 1 is 1.15 bits per heavy atom. The van der Waals surface area contributed by atoms with E-state index in [0.29, 0.717) is 18.4 Å². The topological polar surface area (TPSA) is 46.6 Å². The highest BCUT2D eigenvalue weighted by atomic mass is 16.5.